The number of fused-ring (bicyclic) bond motifs is 1. The minimum Gasteiger partial charge on any atom is -0.478 e. The highest BCUT2D eigenvalue weighted by Gasteiger charge is 2.17. The molecule has 0 spiro atoms. The van der Waals surface area contributed by atoms with Crippen LogP contribution in [0.4, 0.5) is 0 Å². The number of nitrogens with two attached hydrogens (primary N) is 1. The summed E-state index contributed by atoms with van der Waals surface area (Å²) < 4.78 is 0. The predicted molar refractivity (Wildman–Crippen MR) is 81.5 cm³/mol. The highest BCUT2D eigenvalue weighted by atomic mass is 16.4. The molecule has 4 N–H and O–H groups in total. The minimum atomic E-state index is -0.885. The number of carboxylic acid groups (broad SMARTS) is 1. The first-order chi connectivity index (χ1) is 9.45. The summed E-state index contributed by atoms with van der Waals surface area (Å²) in [6, 6.07) is 3.89. The highest BCUT2D eigenvalue weighted by Crippen LogP contribution is 2.30. The molecule has 0 fully saturated rings. The van der Waals surface area contributed by atoms with Gasteiger partial charge in [-0.3, -0.25) is 0 Å². The van der Waals surface area contributed by atoms with E-state index >= 15 is 0 Å². The summed E-state index contributed by atoms with van der Waals surface area (Å²) in [6.07, 6.45) is 1.78. The van der Waals surface area contributed by atoms with Crippen LogP contribution < -0.4 is 5.73 Å². The van der Waals surface area contributed by atoms with Crippen LogP contribution in [0.3, 0.4) is 0 Å². The van der Waals surface area contributed by atoms with Crippen molar-refractivity contribution in [1.82, 2.24) is 4.98 Å². The Morgan fingerprint density at radius 3 is 2.65 bits per heavy atom. The average Bonchev–Trinajstić information content (AvgIpc) is 2.70. The van der Waals surface area contributed by atoms with E-state index in [1.165, 1.54) is 5.56 Å². The first-order valence-corrected chi connectivity index (χ1v) is 7.04. The van der Waals surface area contributed by atoms with E-state index in [9.17, 15) is 9.90 Å². The largest absolute Gasteiger partial charge is 0.478 e. The van der Waals surface area contributed by atoms with Gasteiger partial charge in [-0.1, -0.05) is 13.8 Å². The molecule has 2 rings (SSSR count). The van der Waals surface area contributed by atoms with Gasteiger partial charge in [0.25, 0.3) is 0 Å². The maximum atomic E-state index is 11.5. The van der Waals surface area contributed by atoms with Crippen molar-refractivity contribution < 1.29 is 9.90 Å². The van der Waals surface area contributed by atoms with Crippen LogP contribution in [0, 0.1) is 6.92 Å². The van der Waals surface area contributed by atoms with E-state index in [4.69, 9.17) is 5.73 Å². The number of nitrogens with one attached hydrogen (secondary N) is 1. The fourth-order valence-corrected chi connectivity index (χ4v) is 2.61. The van der Waals surface area contributed by atoms with Crippen molar-refractivity contribution in [1.29, 1.82) is 0 Å². The van der Waals surface area contributed by atoms with Crippen molar-refractivity contribution >= 4 is 16.9 Å². The molecule has 0 aliphatic heterocycles. The molecule has 0 aliphatic rings. The zero-order valence-corrected chi connectivity index (χ0v) is 12.3. The van der Waals surface area contributed by atoms with Crippen molar-refractivity contribution in [2.75, 3.05) is 6.54 Å². The first kappa shape index (κ1) is 14.6. The third-order valence-corrected chi connectivity index (χ3v) is 3.78. The van der Waals surface area contributed by atoms with Crippen molar-refractivity contribution in [2.45, 2.75) is 39.5 Å². The third kappa shape index (κ3) is 2.56. The quantitative estimate of drug-likeness (QED) is 0.783. The highest BCUT2D eigenvalue weighted by molar-refractivity contribution is 6.04. The molecular weight excluding hydrogens is 252 g/mol. The van der Waals surface area contributed by atoms with E-state index in [1.807, 2.05) is 6.92 Å². The van der Waals surface area contributed by atoms with Crippen LogP contribution >= 0.6 is 0 Å². The fraction of sp³-hybridized carbons (Fsp3) is 0.438. The summed E-state index contributed by atoms with van der Waals surface area (Å²) in [5.74, 6) is -0.584. The molecule has 0 amide bonds. The molecule has 0 saturated carbocycles. The number of carboxylic acids is 1. The number of carbonyl (C=O) groups is 1. The van der Waals surface area contributed by atoms with Crippen molar-refractivity contribution in [3.63, 3.8) is 0 Å². The number of aromatic carboxylic acids is 1. The maximum absolute atomic E-state index is 11.5. The number of aromatic nitrogens is 1. The predicted octanol–water partition coefficient (Wildman–Crippen LogP) is 3.19. The Kier molecular flexibility index (Phi) is 4.14. The van der Waals surface area contributed by atoms with E-state index < -0.39 is 5.97 Å². The summed E-state index contributed by atoms with van der Waals surface area (Å²) in [4.78, 5) is 14.7. The number of hydrogen-bond donors (Lipinski definition) is 3. The summed E-state index contributed by atoms with van der Waals surface area (Å²) in [5.41, 5.74) is 9.96. The van der Waals surface area contributed by atoms with Gasteiger partial charge in [-0.2, -0.15) is 0 Å². The van der Waals surface area contributed by atoms with Gasteiger partial charge in [-0.15, -0.1) is 0 Å². The summed E-state index contributed by atoms with van der Waals surface area (Å²) in [7, 11) is 0. The zero-order chi connectivity index (χ0) is 14.9. The Hall–Kier alpha value is -1.81. The molecule has 4 nitrogen and oxygen atoms in total. The van der Waals surface area contributed by atoms with Crippen molar-refractivity contribution in [3.8, 4) is 0 Å². The van der Waals surface area contributed by atoms with Gasteiger partial charge < -0.3 is 15.8 Å². The number of rotatable bonds is 5. The van der Waals surface area contributed by atoms with E-state index in [0.717, 1.165) is 35.0 Å². The first-order valence-electron chi connectivity index (χ1n) is 7.04. The number of aromatic amines is 1. The maximum Gasteiger partial charge on any atom is 0.337 e. The van der Waals surface area contributed by atoms with Gasteiger partial charge in [-0.25, -0.2) is 4.79 Å². The normalized spacial score (nSPS) is 11.4. The van der Waals surface area contributed by atoms with Gasteiger partial charge in [-0.05, 0) is 55.5 Å². The van der Waals surface area contributed by atoms with Crippen LogP contribution in [0.2, 0.25) is 0 Å². The SMILES string of the molecule is Cc1[nH]c2c(C(=O)O)cc(C(C)C)cc2c1CCCN. The molecule has 0 saturated heterocycles. The average molecular weight is 274 g/mol. The monoisotopic (exact) mass is 274 g/mol. The molecule has 0 radical (unpaired) electrons. The Balaban J connectivity index is 2.70. The van der Waals surface area contributed by atoms with Crippen molar-refractivity contribution in [3.05, 3.63) is 34.5 Å². The summed E-state index contributed by atoms with van der Waals surface area (Å²) in [6.45, 7) is 6.78. The molecule has 0 atom stereocenters. The molecule has 4 heteroatoms. The van der Waals surface area contributed by atoms with E-state index in [1.54, 1.807) is 6.07 Å². The number of aryl methyl sites for hydroxylation is 2. The van der Waals surface area contributed by atoms with Gasteiger partial charge in [0.05, 0.1) is 11.1 Å². The lowest BCUT2D eigenvalue weighted by atomic mass is 9.95. The van der Waals surface area contributed by atoms with Crippen LogP contribution in [0.5, 0.6) is 0 Å². The smallest absolute Gasteiger partial charge is 0.337 e. The van der Waals surface area contributed by atoms with E-state index in [-0.39, 0.29) is 0 Å². The van der Waals surface area contributed by atoms with Gasteiger partial charge >= 0.3 is 5.97 Å². The molecule has 2 aromatic rings. The molecule has 20 heavy (non-hydrogen) atoms. The molecule has 108 valence electrons. The fourth-order valence-electron chi connectivity index (χ4n) is 2.61. The lowest BCUT2D eigenvalue weighted by molar-refractivity contribution is 0.0698. The Morgan fingerprint density at radius 1 is 1.40 bits per heavy atom. The zero-order valence-electron chi connectivity index (χ0n) is 12.3. The molecule has 0 unspecified atom stereocenters. The standard InChI is InChI=1S/C16H22N2O2/c1-9(2)11-7-13-12(5-4-6-17)10(3)18-15(13)14(8-11)16(19)20/h7-9,18H,4-6,17H2,1-3H3,(H,19,20). The number of H-pyrrole nitrogens is 1. The Morgan fingerprint density at radius 2 is 2.10 bits per heavy atom. The third-order valence-electron chi connectivity index (χ3n) is 3.78. The molecule has 0 bridgehead atoms. The molecule has 0 aliphatic carbocycles. The van der Waals surface area contributed by atoms with Crippen molar-refractivity contribution in [2.24, 2.45) is 5.73 Å². The van der Waals surface area contributed by atoms with Gasteiger partial charge in [0.1, 0.15) is 0 Å². The van der Waals surface area contributed by atoms with Crippen LogP contribution in [-0.4, -0.2) is 22.6 Å². The topological polar surface area (TPSA) is 79.1 Å². The van der Waals surface area contributed by atoms with E-state index in [0.29, 0.717) is 18.0 Å². The molecular formula is C16H22N2O2. The molecule has 1 aromatic heterocycles. The lowest BCUT2D eigenvalue weighted by Crippen LogP contribution is -2.02. The van der Waals surface area contributed by atoms with Crippen LogP contribution in [0.1, 0.15) is 53.4 Å². The van der Waals surface area contributed by atoms with Crippen LogP contribution in [0.25, 0.3) is 10.9 Å². The van der Waals surface area contributed by atoms with Gasteiger partial charge in [0.2, 0.25) is 0 Å². The molecule has 1 aromatic carbocycles. The summed E-state index contributed by atoms with van der Waals surface area (Å²) >= 11 is 0. The van der Waals surface area contributed by atoms with E-state index in [2.05, 4.69) is 24.9 Å². The summed E-state index contributed by atoms with van der Waals surface area (Å²) in [5, 5.41) is 10.5. The van der Waals surface area contributed by atoms with Crippen LogP contribution in [0.15, 0.2) is 12.1 Å². The Bertz CT molecular complexity index is 641. The second-order valence-electron chi connectivity index (χ2n) is 5.57. The lowest BCUT2D eigenvalue weighted by Gasteiger charge is -2.09. The molecule has 1 heterocycles. The number of hydrogen-bond acceptors (Lipinski definition) is 2. The van der Waals surface area contributed by atoms with Gasteiger partial charge in [0.15, 0.2) is 0 Å². The number of benzene rings is 1. The second kappa shape index (κ2) is 5.67. The Labute approximate surface area is 119 Å². The van der Waals surface area contributed by atoms with Crippen LogP contribution in [-0.2, 0) is 6.42 Å². The second-order valence-corrected chi connectivity index (χ2v) is 5.57. The minimum absolute atomic E-state index is 0.301. The van der Waals surface area contributed by atoms with Gasteiger partial charge in [0, 0.05) is 11.1 Å².